The maximum absolute atomic E-state index is 6.13. The van der Waals surface area contributed by atoms with E-state index in [1.165, 1.54) is 23.1 Å². The lowest BCUT2D eigenvalue weighted by Crippen LogP contribution is -2.53. The fourth-order valence-corrected chi connectivity index (χ4v) is 3.25. The van der Waals surface area contributed by atoms with Crippen molar-refractivity contribution in [2.24, 2.45) is 5.73 Å². The summed E-state index contributed by atoms with van der Waals surface area (Å²) in [4.78, 5) is 2.60. The van der Waals surface area contributed by atoms with E-state index in [0.717, 1.165) is 32.5 Å². The van der Waals surface area contributed by atoms with Crippen LogP contribution in [-0.4, -0.2) is 23.5 Å². The molecule has 0 saturated carbocycles. The van der Waals surface area contributed by atoms with Gasteiger partial charge in [0.1, 0.15) is 0 Å². The molecule has 20 heavy (non-hydrogen) atoms. The summed E-state index contributed by atoms with van der Waals surface area (Å²) in [5, 5.41) is 0. The lowest BCUT2D eigenvalue weighted by molar-refractivity contribution is 0.0766. The predicted octanol–water partition coefficient (Wildman–Crippen LogP) is 4.03. The van der Waals surface area contributed by atoms with Gasteiger partial charge in [-0.2, -0.15) is 0 Å². The molecule has 1 aromatic carbocycles. The van der Waals surface area contributed by atoms with Crippen LogP contribution in [0.2, 0.25) is 0 Å². The van der Waals surface area contributed by atoms with Gasteiger partial charge < -0.3 is 5.73 Å². The van der Waals surface area contributed by atoms with Crippen molar-refractivity contribution >= 4 is 0 Å². The van der Waals surface area contributed by atoms with Crippen molar-refractivity contribution in [3.63, 3.8) is 0 Å². The smallest absolute Gasteiger partial charge is 0.0330 e. The first-order valence-electron chi connectivity index (χ1n) is 8.03. The highest BCUT2D eigenvalue weighted by molar-refractivity contribution is 5.28. The monoisotopic (exact) mass is 276 g/mol. The Kier molecular flexibility index (Phi) is 6.70. The third-order valence-electron chi connectivity index (χ3n) is 4.52. The first kappa shape index (κ1) is 17.2. The van der Waals surface area contributed by atoms with Crippen LogP contribution in [0.1, 0.15) is 56.7 Å². The molecule has 0 amide bonds. The normalized spacial score (nSPS) is 12.2. The minimum atomic E-state index is 0.146. The highest BCUT2D eigenvalue weighted by Gasteiger charge is 2.31. The first-order valence-corrected chi connectivity index (χ1v) is 8.03. The number of benzene rings is 1. The van der Waals surface area contributed by atoms with Crippen molar-refractivity contribution in [3.8, 4) is 0 Å². The molecule has 0 spiro atoms. The highest BCUT2D eigenvalue weighted by Crippen LogP contribution is 2.26. The zero-order chi connectivity index (χ0) is 15.2. The summed E-state index contributed by atoms with van der Waals surface area (Å²) in [6, 6.07) is 6.86. The van der Waals surface area contributed by atoms with Crippen LogP contribution >= 0.6 is 0 Å². The lowest BCUT2D eigenvalue weighted by Gasteiger charge is -2.42. The number of nitrogens with two attached hydrogens (primary N) is 1. The van der Waals surface area contributed by atoms with Gasteiger partial charge in [-0.05, 0) is 45.2 Å². The number of rotatable bonds is 8. The second kappa shape index (κ2) is 7.80. The summed E-state index contributed by atoms with van der Waals surface area (Å²) in [7, 11) is 0. The molecule has 0 aliphatic heterocycles. The van der Waals surface area contributed by atoms with E-state index in [4.69, 9.17) is 5.73 Å². The van der Waals surface area contributed by atoms with Crippen LogP contribution in [-0.2, 0) is 6.54 Å². The lowest BCUT2D eigenvalue weighted by atomic mass is 9.89. The van der Waals surface area contributed by atoms with Gasteiger partial charge in [-0.3, -0.25) is 4.90 Å². The molecule has 0 aliphatic rings. The summed E-state index contributed by atoms with van der Waals surface area (Å²) in [5.74, 6) is 0. The molecule has 2 heteroatoms. The van der Waals surface area contributed by atoms with Gasteiger partial charge in [-0.1, -0.05) is 50.1 Å². The molecule has 0 saturated heterocycles. The van der Waals surface area contributed by atoms with Crippen LogP contribution in [0.4, 0.5) is 0 Å². The van der Waals surface area contributed by atoms with E-state index in [2.05, 4.69) is 57.7 Å². The summed E-state index contributed by atoms with van der Waals surface area (Å²) >= 11 is 0. The summed E-state index contributed by atoms with van der Waals surface area (Å²) in [6.07, 6.45) is 3.40. The van der Waals surface area contributed by atoms with E-state index < -0.39 is 0 Å². The SMILES string of the molecule is CCCN(Cc1cc(C)cc(C)c1)C(CC)(CC)CN. The molecular weight excluding hydrogens is 244 g/mol. The predicted molar refractivity (Wildman–Crippen MR) is 89.0 cm³/mol. The summed E-state index contributed by atoms with van der Waals surface area (Å²) in [6.45, 7) is 14.0. The quantitative estimate of drug-likeness (QED) is 0.776. The molecular formula is C18H32N2. The summed E-state index contributed by atoms with van der Waals surface area (Å²) in [5.41, 5.74) is 10.4. The minimum absolute atomic E-state index is 0.146. The maximum atomic E-state index is 6.13. The number of nitrogens with zero attached hydrogens (tertiary/aromatic N) is 1. The van der Waals surface area contributed by atoms with Crippen molar-refractivity contribution < 1.29 is 0 Å². The Morgan fingerprint density at radius 2 is 1.55 bits per heavy atom. The second-order valence-corrected chi connectivity index (χ2v) is 6.05. The average Bonchev–Trinajstić information content (AvgIpc) is 2.40. The van der Waals surface area contributed by atoms with E-state index in [0.29, 0.717) is 0 Å². The number of aryl methyl sites for hydroxylation is 2. The maximum Gasteiger partial charge on any atom is 0.0330 e. The van der Waals surface area contributed by atoms with Crippen LogP contribution in [0, 0.1) is 13.8 Å². The van der Waals surface area contributed by atoms with Crippen LogP contribution in [0.25, 0.3) is 0 Å². The molecule has 114 valence electrons. The van der Waals surface area contributed by atoms with Gasteiger partial charge in [0.25, 0.3) is 0 Å². The van der Waals surface area contributed by atoms with Gasteiger partial charge in [-0.15, -0.1) is 0 Å². The Labute approximate surface area is 125 Å². The van der Waals surface area contributed by atoms with Gasteiger partial charge in [0, 0.05) is 18.6 Å². The van der Waals surface area contributed by atoms with E-state index in [1.54, 1.807) is 0 Å². The van der Waals surface area contributed by atoms with Gasteiger partial charge in [0.2, 0.25) is 0 Å². The third kappa shape index (κ3) is 4.07. The molecule has 1 aromatic rings. The number of hydrogen-bond acceptors (Lipinski definition) is 2. The van der Waals surface area contributed by atoms with E-state index in [1.807, 2.05) is 0 Å². The van der Waals surface area contributed by atoms with Gasteiger partial charge in [0.05, 0.1) is 0 Å². The average molecular weight is 276 g/mol. The molecule has 0 aliphatic carbocycles. The van der Waals surface area contributed by atoms with Gasteiger partial charge in [0.15, 0.2) is 0 Å². The van der Waals surface area contributed by atoms with Crippen molar-refractivity contribution in [2.75, 3.05) is 13.1 Å². The van der Waals surface area contributed by atoms with E-state index in [9.17, 15) is 0 Å². The van der Waals surface area contributed by atoms with Crippen LogP contribution in [0.3, 0.4) is 0 Å². The minimum Gasteiger partial charge on any atom is -0.329 e. The van der Waals surface area contributed by atoms with Crippen molar-refractivity contribution in [2.45, 2.75) is 66.0 Å². The summed E-state index contributed by atoms with van der Waals surface area (Å²) < 4.78 is 0. The Morgan fingerprint density at radius 1 is 1.00 bits per heavy atom. The Balaban J connectivity index is 3.01. The Bertz CT molecular complexity index is 379. The molecule has 0 unspecified atom stereocenters. The van der Waals surface area contributed by atoms with Crippen LogP contribution in [0.5, 0.6) is 0 Å². The van der Waals surface area contributed by atoms with Gasteiger partial charge in [-0.25, -0.2) is 0 Å². The molecule has 0 atom stereocenters. The van der Waals surface area contributed by atoms with Crippen molar-refractivity contribution in [1.29, 1.82) is 0 Å². The van der Waals surface area contributed by atoms with Crippen LogP contribution < -0.4 is 5.73 Å². The molecule has 2 nitrogen and oxygen atoms in total. The second-order valence-electron chi connectivity index (χ2n) is 6.05. The molecule has 0 bridgehead atoms. The molecule has 2 N–H and O–H groups in total. The standard InChI is InChI=1S/C18H32N2/c1-6-9-20(18(7-2,8-3)14-19)13-17-11-15(4)10-16(5)12-17/h10-12H,6-9,13-14,19H2,1-5H3. The molecule has 1 rings (SSSR count). The van der Waals surface area contributed by atoms with Crippen molar-refractivity contribution in [1.82, 2.24) is 4.90 Å². The largest absolute Gasteiger partial charge is 0.329 e. The topological polar surface area (TPSA) is 29.3 Å². The molecule has 0 aromatic heterocycles. The van der Waals surface area contributed by atoms with E-state index in [-0.39, 0.29) is 5.54 Å². The number of hydrogen-bond donors (Lipinski definition) is 1. The fraction of sp³-hybridized carbons (Fsp3) is 0.667. The van der Waals surface area contributed by atoms with Crippen LogP contribution in [0.15, 0.2) is 18.2 Å². The Hall–Kier alpha value is -0.860. The first-order chi connectivity index (χ1) is 9.51. The van der Waals surface area contributed by atoms with Gasteiger partial charge >= 0.3 is 0 Å². The van der Waals surface area contributed by atoms with Crippen molar-refractivity contribution in [3.05, 3.63) is 34.9 Å². The molecule has 0 heterocycles. The third-order valence-corrected chi connectivity index (χ3v) is 4.52. The highest BCUT2D eigenvalue weighted by atomic mass is 15.2. The zero-order valence-electron chi connectivity index (χ0n) is 14.0. The van der Waals surface area contributed by atoms with E-state index >= 15 is 0 Å². The molecule has 0 radical (unpaired) electrons. The molecule has 0 fully saturated rings. The fourth-order valence-electron chi connectivity index (χ4n) is 3.25. The Morgan fingerprint density at radius 3 is 1.95 bits per heavy atom. The zero-order valence-corrected chi connectivity index (χ0v) is 14.0.